The summed E-state index contributed by atoms with van der Waals surface area (Å²) in [6, 6.07) is 16.4. The van der Waals surface area contributed by atoms with Crippen molar-refractivity contribution in [1.29, 1.82) is 0 Å². The highest BCUT2D eigenvalue weighted by Crippen LogP contribution is 2.46. The number of amides is 1. The molecule has 2 aromatic rings. The third kappa shape index (κ3) is 2.61. The maximum atomic E-state index is 13.1. The number of methoxy groups -OCH3 is 1. The SMILES string of the molecule is COc1cccc(CN2CCCC3(C2)C(=O)N(C)c2ccccc23)c1. The van der Waals surface area contributed by atoms with Gasteiger partial charge in [-0.05, 0) is 48.7 Å². The van der Waals surface area contributed by atoms with E-state index in [1.165, 1.54) is 11.1 Å². The number of rotatable bonds is 3. The molecule has 1 spiro atoms. The lowest BCUT2D eigenvalue weighted by molar-refractivity contribution is -0.125. The van der Waals surface area contributed by atoms with Gasteiger partial charge in [0, 0.05) is 25.8 Å². The van der Waals surface area contributed by atoms with Crippen molar-refractivity contribution in [2.75, 3.05) is 32.1 Å². The summed E-state index contributed by atoms with van der Waals surface area (Å²) in [6.45, 7) is 2.65. The van der Waals surface area contributed by atoms with E-state index < -0.39 is 0 Å². The van der Waals surface area contributed by atoms with Gasteiger partial charge in [-0.3, -0.25) is 9.69 Å². The molecular formula is C21H24N2O2. The number of hydrogen-bond donors (Lipinski definition) is 0. The predicted octanol–water partition coefficient (Wildman–Crippen LogP) is 3.21. The first-order valence-electron chi connectivity index (χ1n) is 8.87. The average Bonchev–Trinajstić information content (AvgIpc) is 2.85. The Bertz CT molecular complexity index is 804. The van der Waals surface area contributed by atoms with Crippen LogP contribution in [0, 0.1) is 0 Å². The Balaban J connectivity index is 1.62. The second kappa shape index (κ2) is 6.19. The van der Waals surface area contributed by atoms with E-state index in [1.54, 1.807) is 7.11 Å². The molecule has 1 unspecified atom stereocenters. The van der Waals surface area contributed by atoms with Crippen molar-refractivity contribution in [3.63, 3.8) is 0 Å². The number of benzene rings is 2. The summed E-state index contributed by atoms with van der Waals surface area (Å²) in [6.07, 6.45) is 1.97. The van der Waals surface area contributed by atoms with Crippen LogP contribution in [0.3, 0.4) is 0 Å². The van der Waals surface area contributed by atoms with Gasteiger partial charge in [-0.25, -0.2) is 0 Å². The zero-order chi connectivity index (χ0) is 17.4. The van der Waals surface area contributed by atoms with Gasteiger partial charge < -0.3 is 9.64 Å². The predicted molar refractivity (Wildman–Crippen MR) is 99.0 cm³/mol. The number of piperidine rings is 1. The first-order chi connectivity index (χ1) is 12.1. The van der Waals surface area contributed by atoms with E-state index in [4.69, 9.17) is 4.74 Å². The topological polar surface area (TPSA) is 32.8 Å². The van der Waals surface area contributed by atoms with Crippen molar-refractivity contribution >= 4 is 11.6 Å². The van der Waals surface area contributed by atoms with E-state index in [1.807, 2.05) is 36.2 Å². The summed E-state index contributed by atoms with van der Waals surface area (Å²) in [5.74, 6) is 1.12. The van der Waals surface area contributed by atoms with Crippen LogP contribution < -0.4 is 9.64 Å². The smallest absolute Gasteiger partial charge is 0.238 e. The number of likely N-dealkylation sites (tertiary alicyclic amines) is 1. The van der Waals surface area contributed by atoms with Crippen LogP contribution >= 0.6 is 0 Å². The largest absolute Gasteiger partial charge is 0.497 e. The van der Waals surface area contributed by atoms with Gasteiger partial charge >= 0.3 is 0 Å². The summed E-state index contributed by atoms with van der Waals surface area (Å²) >= 11 is 0. The minimum Gasteiger partial charge on any atom is -0.497 e. The zero-order valence-electron chi connectivity index (χ0n) is 14.9. The van der Waals surface area contributed by atoms with Gasteiger partial charge in [0.1, 0.15) is 5.75 Å². The second-order valence-electron chi connectivity index (χ2n) is 7.13. The van der Waals surface area contributed by atoms with Gasteiger partial charge in [0.05, 0.1) is 12.5 Å². The highest BCUT2D eigenvalue weighted by atomic mass is 16.5. The molecule has 4 nitrogen and oxygen atoms in total. The maximum Gasteiger partial charge on any atom is 0.238 e. The molecule has 1 atom stereocenters. The van der Waals surface area contributed by atoms with Crippen LogP contribution in [0.15, 0.2) is 48.5 Å². The number of carbonyl (C=O) groups excluding carboxylic acids is 1. The van der Waals surface area contributed by atoms with E-state index in [9.17, 15) is 4.79 Å². The summed E-state index contributed by atoms with van der Waals surface area (Å²) < 4.78 is 5.34. The lowest BCUT2D eigenvalue weighted by Gasteiger charge is -2.39. The first-order valence-corrected chi connectivity index (χ1v) is 8.87. The van der Waals surface area contributed by atoms with Crippen LogP contribution in [0.5, 0.6) is 5.75 Å². The molecule has 4 rings (SSSR count). The number of para-hydroxylation sites is 1. The van der Waals surface area contributed by atoms with Crippen molar-refractivity contribution in [1.82, 2.24) is 4.90 Å². The molecule has 1 saturated heterocycles. The Kier molecular flexibility index (Phi) is 4.00. The number of carbonyl (C=O) groups is 1. The molecule has 25 heavy (non-hydrogen) atoms. The van der Waals surface area contributed by atoms with Crippen LogP contribution in [-0.4, -0.2) is 38.1 Å². The fraction of sp³-hybridized carbons (Fsp3) is 0.381. The third-order valence-electron chi connectivity index (χ3n) is 5.61. The minimum absolute atomic E-state index is 0.240. The fourth-order valence-electron chi connectivity index (χ4n) is 4.42. The first kappa shape index (κ1) is 16.2. The molecule has 0 radical (unpaired) electrons. The highest BCUT2D eigenvalue weighted by Gasteiger charge is 2.51. The van der Waals surface area contributed by atoms with Gasteiger partial charge in [0.2, 0.25) is 5.91 Å². The quantitative estimate of drug-likeness (QED) is 0.863. The van der Waals surface area contributed by atoms with Crippen LogP contribution in [0.2, 0.25) is 0 Å². The van der Waals surface area contributed by atoms with Crippen molar-refractivity contribution in [2.24, 2.45) is 0 Å². The lowest BCUT2D eigenvalue weighted by atomic mass is 9.75. The fourth-order valence-corrected chi connectivity index (χ4v) is 4.42. The number of ether oxygens (including phenoxy) is 1. The number of fused-ring (bicyclic) bond motifs is 2. The van der Waals surface area contributed by atoms with E-state index in [-0.39, 0.29) is 11.3 Å². The molecule has 1 fully saturated rings. The Morgan fingerprint density at radius 2 is 2.00 bits per heavy atom. The van der Waals surface area contributed by atoms with Crippen molar-refractivity contribution in [2.45, 2.75) is 24.8 Å². The summed E-state index contributed by atoms with van der Waals surface area (Å²) in [7, 11) is 3.59. The molecular weight excluding hydrogens is 312 g/mol. The van der Waals surface area contributed by atoms with Gasteiger partial charge in [0.15, 0.2) is 0 Å². The van der Waals surface area contributed by atoms with Crippen LogP contribution in [0.1, 0.15) is 24.0 Å². The van der Waals surface area contributed by atoms with Crippen LogP contribution in [-0.2, 0) is 16.8 Å². The molecule has 4 heteroatoms. The molecule has 2 aliphatic heterocycles. The minimum atomic E-state index is -0.386. The Hall–Kier alpha value is -2.33. The lowest BCUT2D eigenvalue weighted by Crippen LogP contribution is -2.51. The number of anilines is 1. The molecule has 130 valence electrons. The monoisotopic (exact) mass is 336 g/mol. The van der Waals surface area contributed by atoms with Gasteiger partial charge in [-0.15, -0.1) is 0 Å². The summed E-state index contributed by atoms with van der Waals surface area (Å²) in [4.78, 5) is 17.4. The second-order valence-corrected chi connectivity index (χ2v) is 7.13. The number of hydrogen-bond acceptors (Lipinski definition) is 3. The molecule has 0 N–H and O–H groups in total. The highest BCUT2D eigenvalue weighted by molar-refractivity contribution is 6.08. The van der Waals surface area contributed by atoms with Gasteiger partial charge in [-0.2, -0.15) is 0 Å². The number of likely N-dealkylation sites (N-methyl/N-ethyl adjacent to an activating group) is 1. The Morgan fingerprint density at radius 1 is 1.16 bits per heavy atom. The molecule has 1 amide bonds. The zero-order valence-corrected chi connectivity index (χ0v) is 14.9. The standard InChI is InChI=1S/C21H24N2O2/c1-22-19-10-4-3-9-18(19)21(20(22)24)11-6-12-23(15-21)14-16-7-5-8-17(13-16)25-2/h3-5,7-10,13H,6,11-12,14-15H2,1-2H3. The van der Waals surface area contributed by atoms with E-state index in [0.717, 1.165) is 43.9 Å². The molecule has 0 saturated carbocycles. The van der Waals surface area contributed by atoms with Crippen LogP contribution in [0.4, 0.5) is 5.69 Å². The van der Waals surface area contributed by atoms with E-state index >= 15 is 0 Å². The summed E-state index contributed by atoms with van der Waals surface area (Å²) in [5, 5.41) is 0. The van der Waals surface area contributed by atoms with E-state index in [2.05, 4.69) is 29.2 Å². The van der Waals surface area contributed by atoms with Crippen molar-refractivity contribution < 1.29 is 9.53 Å². The third-order valence-corrected chi connectivity index (χ3v) is 5.61. The average molecular weight is 336 g/mol. The van der Waals surface area contributed by atoms with Crippen LogP contribution in [0.25, 0.3) is 0 Å². The van der Waals surface area contributed by atoms with E-state index in [0.29, 0.717) is 0 Å². The molecule has 2 heterocycles. The molecule has 0 aliphatic carbocycles. The normalized spacial score (nSPS) is 23.1. The van der Waals surface area contributed by atoms with Gasteiger partial charge in [0.25, 0.3) is 0 Å². The Morgan fingerprint density at radius 3 is 2.84 bits per heavy atom. The summed E-state index contributed by atoms with van der Waals surface area (Å²) in [5.41, 5.74) is 3.10. The van der Waals surface area contributed by atoms with Gasteiger partial charge in [-0.1, -0.05) is 30.3 Å². The van der Waals surface area contributed by atoms with Crippen molar-refractivity contribution in [3.8, 4) is 5.75 Å². The molecule has 0 bridgehead atoms. The molecule has 2 aliphatic rings. The molecule has 2 aromatic carbocycles. The van der Waals surface area contributed by atoms with Crippen molar-refractivity contribution in [3.05, 3.63) is 59.7 Å². The maximum absolute atomic E-state index is 13.1. The number of nitrogens with zero attached hydrogens (tertiary/aromatic N) is 2. The Labute approximate surface area is 149 Å². The molecule has 0 aromatic heterocycles.